The second kappa shape index (κ2) is 6.20. The fourth-order valence-electron chi connectivity index (χ4n) is 3.40. The van der Waals surface area contributed by atoms with Gasteiger partial charge in [-0.25, -0.2) is 9.67 Å². The summed E-state index contributed by atoms with van der Waals surface area (Å²) in [4.78, 5) is 16.8. The van der Waals surface area contributed by atoms with E-state index in [9.17, 15) is 4.79 Å². The second-order valence-electron chi connectivity index (χ2n) is 6.59. The molecule has 1 unspecified atom stereocenters. The van der Waals surface area contributed by atoms with Gasteiger partial charge in [-0.15, -0.1) is 0 Å². The van der Waals surface area contributed by atoms with Crippen LogP contribution < -0.4 is 5.32 Å². The summed E-state index contributed by atoms with van der Waals surface area (Å²) >= 11 is 0. The van der Waals surface area contributed by atoms with Gasteiger partial charge in [0.05, 0.1) is 11.4 Å². The Balaban J connectivity index is 1.45. The lowest BCUT2D eigenvalue weighted by Gasteiger charge is -2.24. The Hall–Kier alpha value is -2.89. The van der Waals surface area contributed by atoms with Crippen LogP contribution in [-0.2, 0) is 13.0 Å². The maximum Gasteiger partial charge on any atom is 0.251 e. The first-order chi connectivity index (χ1) is 12.1. The summed E-state index contributed by atoms with van der Waals surface area (Å²) in [6.45, 7) is 4.78. The Labute approximate surface area is 146 Å². The molecule has 3 aromatic rings. The highest BCUT2D eigenvalue weighted by molar-refractivity contribution is 5.94. The molecule has 0 saturated carbocycles. The molecule has 1 amide bonds. The number of amides is 1. The van der Waals surface area contributed by atoms with E-state index in [4.69, 9.17) is 0 Å². The maximum absolute atomic E-state index is 12.5. The van der Waals surface area contributed by atoms with E-state index in [1.165, 1.54) is 0 Å². The molecule has 0 spiro atoms. The van der Waals surface area contributed by atoms with Gasteiger partial charge in [-0.2, -0.15) is 5.10 Å². The van der Waals surface area contributed by atoms with Crippen molar-refractivity contribution in [2.45, 2.75) is 39.3 Å². The third kappa shape index (κ3) is 3.07. The molecule has 6 heteroatoms. The van der Waals surface area contributed by atoms with Gasteiger partial charge in [-0.3, -0.25) is 4.79 Å². The van der Waals surface area contributed by atoms with E-state index in [0.29, 0.717) is 5.56 Å². The van der Waals surface area contributed by atoms with Crippen molar-refractivity contribution >= 4 is 5.91 Å². The standard InChI is InChI=1S/C19H21N5O/c1-13-11-14(2)24(22-13)17-6-3-15(4-7-17)19(25)21-16-5-8-18-20-9-10-23(18)12-16/h3-4,6-7,9-11,16H,5,8,12H2,1-2H3,(H,21,25). The van der Waals surface area contributed by atoms with Crippen molar-refractivity contribution in [3.05, 3.63) is 65.5 Å². The minimum atomic E-state index is -0.0338. The number of hydrogen-bond donors (Lipinski definition) is 1. The monoisotopic (exact) mass is 335 g/mol. The van der Waals surface area contributed by atoms with Crippen LogP contribution in [0.1, 0.15) is 34.0 Å². The van der Waals surface area contributed by atoms with Crippen LogP contribution in [0.5, 0.6) is 0 Å². The average Bonchev–Trinajstić information content (AvgIpc) is 3.20. The number of aromatic nitrogens is 4. The number of nitrogens with one attached hydrogen (secondary N) is 1. The summed E-state index contributed by atoms with van der Waals surface area (Å²) in [6, 6.07) is 9.75. The van der Waals surface area contributed by atoms with Crippen LogP contribution in [0, 0.1) is 13.8 Å². The normalized spacial score (nSPS) is 16.5. The van der Waals surface area contributed by atoms with Crippen molar-refractivity contribution in [3.8, 4) is 5.69 Å². The van der Waals surface area contributed by atoms with Gasteiger partial charge >= 0.3 is 0 Å². The molecule has 3 heterocycles. The average molecular weight is 335 g/mol. The third-order valence-electron chi connectivity index (χ3n) is 4.65. The van der Waals surface area contributed by atoms with Crippen LogP contribution in [0.4, 0.5) is 0 Å². The molecule has 1 aliphatic rings. The molecule has 0 radical (unpaired) electrons. The molecular formula is C19H21N5O. The van der Waals surface area contributed by atoms with Gasteiger partial charge in [-0.05, 0) is 50.6 Å². The number of carbonyl (C=O) groups excluding carboxylic acids is 1. The van der Waals surface area contributed by atoms with E-state index in [-0.39, 0.29) is 11.9 Å². The van der Waals surface area contributed by atoms with Crippen LogP contribution in [0.2, 0.25) is 0 Å². The number of carbonyl (C=O) groups is 1. The van der Waals surface area contributed by atoms with E-state index in [1.54, 1.807) is 0 Å². The summed E-state index contributed by atoms with van der Waals surface area (Å²) in [5, 5.41) is 7.60. The molecular weight excluding hydrogens is 314 g/mol. The van der Waals surface area contributed by atoms with E-state index in [0.717, 1.165) is 42.3 Å². The molecule has 0 aliphatic carbocycles. The molecule has 4 rings (SSSR count). The smallest absolute Gasteiger partial charge is 0.251 e. The molecule has 1 aliphatic heterocycles. The van der Waals surface area contributed by atoms with Crippen molar-refractivity contribution < 1.29 is 4.79 Å². The van der Waals surface area contributed by atoms with Gasteiger partial charge in [-0.1, -0.05) is 0 Å². The minimum absolute atomic E-state index is 0.0338. The lowest BCUT2D eigenvalue weighted by molar-refractivity contribution is 0.0927. The van der Waals surface area contributed by atoms with Crippen molar-refractivity contribution in [3.63, 3.8) is 0 Å². The SMILES string of the molecule is Cc1cc(C)n(-c2ccc(C(=O)NC3CCc4nccn4C3)cc2)n1. The highest BCUT2D eigenvalue weighted by Crippen LogP contribution is 2.15. The molecule has 128 valence electrons. The van der Waals surface area contributed by atoms with E-state index in [2.05, 4.69) is 20.0 Å². The summed E-state index contributed by atoms with van der Waals surface area (Å²) in [5.74, 6) is 1.06. The fraction of sp³-hybridized carbons (Fsp3) is 0.316. The topological polar surface area (TPSA) is 64.7 Å². The largest absolute Gasteiger partial charge is 0.347 e. The first kappa shape index (κ1) is 15.6. The number of rotatable bonds is 3. The molecule has 1 aromatic carbocycles. The van der Waals surface area contributed by atoms with Gasteiger partial charge < -0.3 is 9.88 Å². The number of benzene rings is 1. The zero-order chi connectivity index (χ0) is 17.4. The van der Waals surface area contributed by atoms with Gasteiger partial charge in [0.1, 0.15) is 5.82 Å². The van der Waals surface area contributed by atoms with Crippen molar-refractivity contribution in [2.24, 2.45) is 0 Å². The predicted molar refractivity (Wildman–Crippen MR) is 94.8 cm³/mol. The van der Waals surface area contributed by atoms with Crippen molar-refractivity contribution in [1.29, 1.82) is 0 Å². The Bertz CT molecular complexity index is 906. The Morgan fingerprint density at radius 1 is 1.24 bits per heavy atom. The molecule has 2 aromatic heterocycles. The van der Waals surface area contributed by atoms with Crippen LogP contribution in [0.15, 0.2) is 42.7 Å². The van der Waals surface area contributed by atoms with E-state index in [1.807, 2.05) is 61.3 Å². The first-order valence-corrected chi connectivity index (χ1v) is 8.55. The Morgan fingerprint density at radius 2 is 2.04 bits per heavy atom. The molecule has 1 atom stereocenters. The van der Waals surface area contributed by atoms with Crippen LogP contribution in [0.25, 0.3) is 5.69 Å². The van der Waals surface area contributed by atoms with Gasteiger partial charge in [0, 0.05) is 42.7 Å². The summed E-state index contributed by atoms with van der Waals surface area (Å²) in [7, 11) is 0. The highest BCUT2D eigenvalue weighted by Gasteiger charge is 2.20. The minimum Gasteiger partial charge on any atom is -0.347 e. The number of hydrogen-bond acceptors (Lipinski definition) is 3. The number of fused-ring (bicyclic) bond motifs is 1. The van der Waals surface area contributed by atoms with Gasteiger partial charge in [0.15, 0.2) is 0 Å². The highest BCUT2D eigenvalue weighted by atomic mass is 16.1. The number of aryl methyl sites for hydroxylation is 3. The molecule has 0 saturated heterocycles. The summed E-state index contributed by atoms with van der Waals surface area (Å²) in [5.41, 5.74) is 3.69. The number of nitrogens with zero attached hydrogens (tertiary/aromatic N) is 4. The Morgan fingerprint density at radius 3 is 2.76 bits per heavy atom. The lowest BCUT2D eigenvalue weighted by Crippen LogP contribution is -2.40. The molecule has 1 N–H and O–H groups in total. The molecule has 0 fully saturated rings. The summed E-state index contributed by atoms with van der Waals surface area (Å²) in [6.07, 6.45) is 5.61. The fourth-order valence-corrected chi connectivity index (χ4v) is 3.40. The van der Waals surface area contributed by atoms with E-state index >= 15 is 0 Å². The predicted octanol–water partition coefficient (Wildman–Crippen LogP) is 2.43. The van der Waals surface area contributed by atoms with Crippen molar-refractivity contribution in [1.82, 2.24) is 24.6 Å². The summed E-state index contributed by atoms with van der Waals surface area (Å²) < 4.78 is 4.00. The van der Waals surface area contributed by atoms with E-state index < -0.39 is 0 Å². The third-order valence-corrected chi connectivity index (χ3v) is 4.65. The maximum atomic E-state index is 12.5. The first-order valence-electron chi connectivity index (χ1n) is 8.55. The zero-order valence-electron chi connectivity index (χ0n) is 14.4. The van der Waals surface area contributed by atoms with Crippen LogP contribution in [-0.4, -0.2) is 31.3 Å². The van der Waals surface area contributed by atoms with Gasteiger partial charge in [0.25, 0.3) is 5.91 Å². The van der Waals surface area contributed by atoms with Gasteiger partial charge in [0.2, 0.25) is 0 Å². The number of imidazole rings is 1. The molecule has 25 heavy (non-hydrogen) atoms. The quantitative estimate of drug-likeness (QED) is 0.799. The Kier molecular flexibility index (Phi) is 3.87. The molecule has 6 nitrogen and oxygen atoms in total. The lowest BCUT2D eigenvalue weighted by atomic mass is 10.1. The zero-order valence-corrected chi connectivity index (χ0v) is 14.4. The second-order valence-corrected chi connectivity index (χ2v) is 6.59. The van der Waals surface area contributed by atoms with Crippen LogP contribution in [0.3, 0.4) is 0 Å². The molecule has 0 bridgehead atoms. The van der Waals surface area contributed by atoms with Crippen molar-refractivity contribution in [2.75, 3.05) is 0 Å². The van der Waals surface area contributed by atoms with Crippen LogP contribution >= 0.6 is 0 Å².